The maximum Gasteiger partial charge on any atom is 0.275 e. The number of carbonyl (C=O) groups is 2. The molecule has 0 spiro atoms. The third kappa shape index (κ3) is 4.79. The molecule has 3 aromatic rings. The monoisotopic (exact) mass is 383 g/mol. The molecule has 0 aliphatic heterocycles. The highest BCUT2D eigenvalue weighted by Crippen LogP contribution is 2.29. The summed E-state index contributed by atoms with van der Waals surface area (Å²) in [5, 5.41) is 10.7. The molecule has 0 aliphatic rings. The quantitative estimate of drug-likeness (QED) is 0.602. The molecule has 9 heteroatoms. The topological polar surface area (TPSA) is 105 Å². The number of pyridine rings is 1. The number of hydrogen-bond acceptors (Lipinski definition) is 7. The summed E-state index contributed by atoms with van der Waals surface area (Å²) in [4.78, 5) is 32.2. The summed E-state index contributed by atoms with van der Waals surface area (Å²) in [6, 6.07) is 10.4. The van der Waals surface area contributed by atoms with Gasteiger partial charge in [0.15, 0.2) is 5.13 Å². The highest BCUT2D eigenvalue weighted by Gasteiger charge is 2.14. The molecule has 0 bridgehead atoms. The second kappa shape index (κ2) is 8.28. The summed E-state index contributed by atoms with van der Waals surface area (Å²) in [5.74, 6) is 0.517. The molecule has 0 unspecified atom stereocenters. The molecule has 27 heavy (non-hydrogen) atoms. The lowest BCUT2D eigenvalue weighted by Gasteiger charge is -2.11. The molecular formula is C18H17N5O3S. The van der Waals surface area contributed by atoms with Crippen LogP contribution in [0.1, 0.15) is 17.4 Å². The van der Waals surface area contributed by atoms with Gasteiger partial charge in [-0.15, -0.1) is 11.3 Å². The molecule has 0 saturated heterocycles. The number of anilines is 4. The van der Waals surface area contributed by atoms with Crippen LogP contribution in [0.3, 0.4) is 0 Å². The van der Waals surface area contributed by atoms with Crippen LogP contribution >= 0.6 is 11.3 Å². The molecule has 0 fully saturated rings. The molecule has 3 N–H and O–H groups in total. The third-order valence-corrected chi connectivity index (χ3v) is 4.16. The van der Waals surface area contributed by atoms with Gasteiger partial charge >= 0.3 is 0 Å². The van der Waals surface area contributed by atoms with E-state index < -0.39 is 5.91 Å². The summed E-state index contributed by atoms with van der Waals surface area (Å²) in [7, 11) is 1.50. The zero-order chi connectivity index (χ0) is 19.2. The Morgan fingerprint density at radius 1 is 1.15 bits per heavy atom. The van der Waals surface area contributed by atoms with Crippen molar-refractivity contribution in [2.45, 2.75) is 6.92 Å². The molecule has 2 aromatic heterocycles. The van der Waals surface area contributed by atoms with Crippen molar-refractivity contribution in [3.63, 3.8) is 0 Å². The second-order valence-electron chi connectivity index (χ2n) is 5.43. The molecule has 1 aromatic carbocycles. The Balaban J connectivity index is 1.74. The van der Waals surface area contributed by atoms with Gasteiger partial charge in [-0.1, -0.05) is 6.07 Å². The maximum absolute atomic E-state index is 12.5. The van der Waals surface area contributed by atoms with E-state index >= 15 is 0 Å². The number of nitrogens with one attached hydrogen (secondary N) is 3. The van der Waals surface area contributed by atoms with Gasteiger partial charge in [-0.05, 0) is 30.3 Å². The van der Waals surface area contributed by atoms with Crippen LogP contribution < -0.4 is 20.7 Å². The van der Waals surface area contributed by atoms with E-state index in [1.165, 1.54) is 25.4 Å². The highest BCUT2D eigenvalue weighted by atomic mass is 32.1. The van der Waals surface area contributed by atoms with E-state index in [1.54, 1.807) is 35.8 Å². The number of benzene rings is 1. The summed E-state index contributed by atoms with van der Waals surface area (Å²) >= 11 is 1.29. The number of methoxy groups -OCH3 is 1. The van der Waals surface area contributed by atoms with Crippen LogP contribution in [-0.2, 0) is 4.79 Å². The Morgan fingerprint density at radius 3 is 2.70 bits per heavy atom. The van der Waals surface area contributed by atoms with Gasteiger partial charge in [0.2, 0.25) is 5.91 Å². The Hall–Kier alpha value is -3.46. The van der Waals surface area contributed by atoms with Crippen LogP contribution in [0.2, 0.25) is 0 Å². The van der Waals surface area contributed by atoms with E-state index in [4.69, 9.17) is 4.74 Å². The van der Waals surface area contributed by atoms with Gasteiger partial charge in [-0.25, -0.2) is 9.97 Å². The fourth-order valence-electron chi connectivity index (χ4n) is 2.25. The van der Waals surface area contributed by atoms with Crippen molar-refractivity contribution < 1.29 is 14.3 Å². The molecule has 138 valence electrons. The van der Waals surface area contributed by atoms with E-state index in [0.29, 0.717) is 28.1 Å². The number of hydrogen-bond donors (Lipinski definition) is 3. The first kappa shape index (κ1) is 18.3. The summed E-state index contributed by atoms with van der Waals surface area (Å²) < 4.78 is 5.26. The number of nitrogens with zero attached hydrogens (tertiary/aromatic N) is 2. The summed E-state index contributed by atoms with van der Waals surface area (Å²) in [6.07, 6.45) is 1.66. The maximum atomic E-state index is 12.5. The molecule has 0 radical (unpaired) electrons. The van der Waals surface area contributed by atoms with Crippen molar-refractivity contribution >= 4 is 45.5 Å². The van der Waals surface area contributed by atoms with Crippen LogP contribution in [0.25, 0.3) is 0 Å². The van der Waals surface area contributed by atoms with Gasteiger partial charge in [0.05, 0.1) is 12.8 Å². The van der Waals surface area contributed by atoms with Gasteiger partial charge < -0.3 is 20.7 Å². The van der Waals surface area contributed by atoms with Crippen molar-refractivity contribution in [3.05, 3.63) is 53.7 Å². The molecule has 0 atom stereocenters. The molecule has 3 rings (SSSR count). The van der Waals surface area contributed by atoms with Gasteiger partial charge in [0.1, 0.15) is 17.3 Å². The first-order valence-corrected chi connectivity index (χ1v) is 8.83. The predicted octanol–water partition coefficient (Wildman–Crippen LogP) is 3.50. The lowest BCUT2D eigenvalue weighted by atomic mass is 10.2. The van der Waals surface area contributed by atoms with Crippen LogP contribution in [0.5, 0.6) is 5.75 Å². The molecule has 2 heterocycles. The third-order valence-electron chi connectivity index (χ3n) is 3.40. The van der Waals surface area contributed by atoms with Gasteiger partial charge in [0.25, 0.3) is 5.91 Å². The van der Waals surface area contributed by atoms with Crippen LogP contribution in [0, 0.1) is 0 Å². The Kier molecular flexibility index (Phi) is 5.62. The largest absolute Gasteiger partial charge is 0.495 e. The zero-order valence-corrected chi connectivity index (χ0v) is 15.5. The first-order valence-electron chi connectivity index (χ1n) is 7.95. The molecular weight excluding hydrogens is 366 g/mol. The van der Waals surface area contributed by atoms with Crippen molar-refractivity contribution in [2.24, 2.45) is 0 Å². The van der Waals surface area contributed by atoms with Gasteiger partial charge in [0, 0.05) is 24.2 Å². The van der Waals surface area contributed by atoms with Crippen LogP contribution in [0.4, 0.5) is 22.3 Å². The number of amides is 2. The molecule has 2 amide bonds. The van der Waals surface area contributed by atoms with Crippen molar-refractivity contribution in [1.82, 2.24) is 9.97 Å². The molecule has 0 aliphatic carbocycles. The number of aromatic nitrogens is 2. The zero-order valence-electron chi connectivity index (χ0n) is 14.6. The minimum Gasteiger partial charge on any atom is -0.495 e. The lowest BCUT2D eigenvalue weighted by molar-refractivity contribution is -0.114. The lowest BCUT2D eigenvalue weighted by Crippen LogP contribution is -2.14. The Morgan fingerprint density at radius 2 is 2.00 bits per heavy atom. The minimum absolute atomic E-state index is 0.206. The van der Waals surface area contributed by atoms with E-state index in [1.807, 2.05) is 12.1 Å². The number of thiazole rings is 1. The minimum atomic E-state index is -0.390. The van der Waals surface area contributed by atoms with E-state index in [2.05, 4.69) is 25.9 Å². The second-order valence-corrected chi connectivity index (χ2v) is 6.29. The van der Waals surface area contributed by atoms with Crippen molar-refractivity contribution in [1.29, 1.82) is 0 Å². The average Bonchev–Trinajstić information content (AvgIpc) is 3.11. The fourth-order valence-corrected chi connectivity index (χ4v) is 2.95. The Bertz CT molecular complexity index is 959. The van der Waals surface area contributed by atoms with Gasteiger partial charge in [-0.2, -0.15) is 0 Å². The van der Waals surface area contributed by atoms with E-state index in [-0.39, 0.29) is 11.6 Å². The molecule has 8 nitrogen and oxygen atoms in total. The van der Waals surface area contributed by atoms with Gasteiger partial charge in [-0.3, -0.25) is 9.59 Å². The number of carbonyl (C=O) groups excluding carboxylic acids is 2. The molecule has 0 saturated carbocycles. The van der Waals surface area contributed by atoms with Crippen molar-refractivity contribution in [2.75, 3.05) is 23.1 Å². The predicted molar refractivity (Wildman–Crippen MR) is 105 cm³/mol. The fraction of sp³-hybridized carbons (Fsp3) is 0.111. The van der Waals surface area contributed by atoms with Crippen molar-refractivity contribution in [3.8, 4) is 5.75 Å². The normalized spacial score (nSPS) is 10.1. The number of ether oxygens (including phenoxy) is 1. The Labute approximate surface area is 159 Å². The average molecular weight is 383 g/mol. The van der Waals surface area contributed by atoms with Crippen LogP contribution in [0.15, 0.2) is 48.0 Å². The SMILES string of the molecule is COc1ccc(NC(C)=O)cc1NC(=O)c1csc(Nc2ccccn2)n1. The summed E-state index contributed by atoms with van der Waals surface area (Å²) in [5.41, 5.74) is 1.24. The first-order chi connectivity index (χ1) is 13.0. The smallest absolute Gasteiger partial charge is 0.275 e. The van der Waals surface area contributed by atoms with E-state index in [9.17, 15) is 9.59 Å². The standard InChI is InChI=1S/C18H17N5O3S/c1-11(24)20-12-6-7-15(26-2)13(9-12)21-17(25)14-10-27-18(22-14)23-16-5-3-4-8-19-16/h3-10H,1-2H3,(H,20,24)(H,21,25)(H,19,22,23). The van der Waals surface area contributed by atoms with Crippen LogP contribution in [-0.4, -0.2) is 28.9 Å². The summed E-state index contributed by atoms with van der Waals surface area (Å²) in [6.45, 7) is 1.41. The number of rotatable bonds is 6. The highest BCUT2D eigenvalue weighted by molar-refractivity contribution is 7.14. The van der Waals surface area contributed by atoms with E-state index in [0.717, 1.165) is 0 Å².